The molecule has 2 aromatic heterocycles. The van der Waals surface area contributed by atoms with E-state index in [0.717, 1.165) is 17.9 Å². The molecule has 0 bridgehead atoms. The third kappa shape index (κ3) is 3.74. The Hall–Kier alpha value is -1.47. The fourth-order valence-corrected chi connectivity index (χ4v) is 3.01. The molecule has 0 aliphatic heterocycles. The largest absolute Gasteiger partial charge is 0.286 e. The number of hydrogen-bond donors (Lipinski definition) is 1. The first-order chi connectivity index (χ1) is 9.12. The van der Waals surface area contributed by atoms with Crippen LogP contribution in [0.1, 0.15) is 25.6 Å². The smallest absolute Gasteiger partial charge is 0.211 e. The van der Waals surface area contributed by atoms with Crippen LogP contribution in [0.2, 0.25) is 0 Å². The molecule has 104 valence electrons. The minimum absolute atomic E-state index is 0.185. The number of sulfonamides is 1. The number of pyridine rings is 1. The summed E-state index contributed by atoms with van der Waals surface area (Å²) in [6.07, 6.45) is 3.95. The molecule has 0 unspecified atom stereocenters. The second kappa shape index (κ2) is 6.12. The van der Waals surface area contributed by atoms with Gasteiger partial charge in [0.15, 0.2) is 5.65 Å². The first-order valence-corrected chi connectivity index (χ1v) is 8.03. The molecular formula is C12H18N4O2S. The highest BCUT2D eigenvalue weighted by Crippen LogP contribution is 2.03. The van der Waals surface area contributed by atoms with Gasteiger partial charge in [-0.25, -0.2) is 13.1 Å². The Balaban J connectivity index is 1.93. The average Bonchev–Trinajstić information content (AvgIpc) is 2.80. The van der Waals surface area contributed by atoms with E-state index in [-0.39, 0.29) is 5.75 Å². The summed E-state index contributed by atoms with van der Waals surface area (Å²) in [4.78, 5) is 0. The van der Waals surface area contributed by atoms with Gasteiger partial charge in [0, 0.05) is 19.2 Å². The number of nitrogens with one attached hydrogen (secondary N) is 1. The maximum absolute atomic E-state index is 11.6. The lowest BCUT2D eigenvalue weighted by Crippen LogP contribution is -2.28. The fraction of sp³-hybridized carbons (Fsp3) is 0.500. The minimum atomic E-state index is -3.16. The van der Waals surface area contributed by atoms with Gasteiger partial charge in [0.25, 0.3) is 0 Å². The third-order valence-electron chi connectivity index (χ3n) is 2.82. The van der Waals surface area contributed by atoms with Gasteiger partial charge in [-0.3, -0.25) is 4.40 Å². The van der Waals surface area contributed by atoms with Crippen LogP contribution >= 0.6 is 0 Å². The molecular weight excluding hydrogens is 264 g/mol. The van der Waals surface area contributed by atoms with Crippen molar-refractivity contribution < 1.29 is 8.42 Å². The molecule has 0 saturated carbocycles. The van der Waals surface area contributed by atoms with E-state index in [0.29, 0.717) is 19.4 Å². The molecule has 0 aliphatic rings. The van der Waals surface area contributed by atoms with Gasteiger partial charge in [-0.05, 0) is 18.6 Å². The molecule has 0 spiro atoms. The number of unbranched alkanes of at least 4 members (excludes halogenated alkanes) is 1. The zero-order chi connectivity index (χ0) is 13.7. The SMILES string of the molecule is CCCCS(=O)(=O)NCCc1nnc2ccccn12. The van der Waals surface area contributed by atoms with Crippen molar-refractivity contribution in [1.29, 1.82) is 0 Å². The van der Waals surface area contributed by atoms with Crippen LogP contribution in [-0.2, 0) is 16.4 Å². The van der Waals surface area contributed by atoms with Crippen LogP contribution in [0.15, 0.2) is 24.4 Å². The lowest BCUT2D eigenvalue weighted by Gasteiger charge is -2.05. The minimum Gasteiger partial charge on any atom is -0.286 e. The summed E-state index contributed by atoms with van der Waals surface area (Å²) >= 11 is 0. The Morgan fingerprint density at radius 3 is 2.95 bits per heavy atom. The Labute approximate surface area is 112 Å². The molecule has 0 radical (unpaired) electrons. The predicted octanol–water partition coefficient (Wildman–Crippen LogP) is 0.991. The zero-order valence-electron chi connectivity index (χ0n) is 10.9. The van der Waals surface area contributed by atoms with Crippen molar-refractivity contribution >= 4 is 15.7 Å². The maximum Gasteiger partial charge on any atom is 0.211 e. The molecule has 0 amide bonds. The lowest BCUT2D eigenvalue weighted by atomic mass is 10.4. The number of aromatic nitrogens is 3. The van der Waals surface area contributed by atoms with Crippen LogP contribution in [0.25, 0.3) is 5.65 Å². The van der Waals surface area contributed by atoms with Gasteiger partial charge in [0.05, 0.1) is 5.75 Å². The Morgan fingerprint density at radius 2 is 2.16 bits per heavy atom. The molecule has 0 aliphatic carbocycles. The standard InChI is InChI=1S/C12H18N4O2S/c1-2-3-10-19(17,18)13-8-7-12-15-14-11-6-4-5-9-16(11)12/h4-6,9,13H,2-3,7-8,10H2,1H3. The van der Waals surface area contributed by atoms with E-state index in [1.54, 1.807) is 0 Å². The zero-order valence-corrected chi connectivity index (χ0v) is 11.7. The van der Waals surface area contributed by atoms with Crippen LogP contribution in [0.3, 0.4) is 0 Å². The van der Waals surface area contributed by atoms with Gasteiger partial charge in [-0.2, -0.15) is 0 Å². The number of rotatable bonds is 7. The highest BCUT2D eigenvalue weighted by atomic mass is 32.2. The number of hydrogen-bond acceptors (Lipinski definition) is 4. The molecule has 2 rings (SSSR count). The molecule has 0 atom stereocenters. The molecule has 2 aromatic rings. The van der Waals surface area contributed by atoms with Crippen molar-refractivity contribution in [3.8, 4) is 0 Å². The van der Waals surface area contributed by atoms with Crippen molar-refractivity contribution in [1.82, 2.24) is 19.3 Å². The van der Waals surface area contributed by atoms with Gasteiger partial charge >= 0.3 is 0 Å². The summed E-state index contributed by atoms with van der Waals surface area (Å²) in [7, 11) is -3.16. The quantitative estimate of drug-likeness (QED) is 0.821. The fourth-order valence-electron chi connectivity index (χ4n) is 1.79. The summed E-state index contributed by atoms with van der Waals surface area (Å²) < 4.78 is 27.7. The Kier molecular flexibility index (Phi) is 4.49. The Morgan fingerprint density at radius 1 is 1.32 bits per heavy atom. The highest BCUT2D eigenvalue weighted by molar-refractivity contribution is 7.89. The summed E-state index contributed by atoms with van der Waals surface area (Å²) in [5.41, 5.74) is 0.770. The van der Waals surface area contributed by atoms with E-state index >= 15 is 0 Å². The van der Waals surface area contributed by atoms with E-state index in [1.165, 1.54) is 0 Å². The third-order valence-corrected chi connectivity index (χ3v) is 4.29. The average molecular weight is 282 g/mol. The molecule has 0 fully saturated rings. The predicted molar refractivity (Wildman–Crippen MR) is 73.4 cm³/mol. The molecule has 0 saturated heterocycles. The first kappa shape index (κ1) is 14.0. The number of nitrogens with zero attached hydrogens (tertiary/aromatic N) is 3. The van der Waals surface area contributed by atoms with Gasteiger partial charge in [0.1, 0.15) is 5.82 Å². The molecule has 1 N–H and O–H groups in total. The first-order valence-electron chi connectivity index (χ1n) is 6.38. The maximum atomic E-state index is 11.6. The van der Waals surface area contributed by atoms with Gasteiger partial charge in [-0.1, -0.05) is 19.4 Å². The van der Waals surface area contributed by atoms with Crippen molar-refractivity contribution in [3.63, 3.8) is 0 Å². The van der Waals surface area contributed by atoms with Crippen LogP contribution in [-0.4, -0.2) is 35.3 Å². The van der Waals surface area contributed by atoms with Crippen molar-refractivity contribution in [2.45, 2.75) is 26.2 Å². The second-order valence-electron chi connectivity index (χ2n) is 4.36. The van der Waals surface area contributed by atoms with Gasteiger partial charge in [-0.15, -0.1) is 10.2 Å². The summed E-state index contributed by atoms with van der Waals surface area (Å²) in [5.74, 6) is 0.943. The molecule has 0 aromatic carbocycles. The van der Waals surface area contributed by atoms with Gasteiger partial charge < -0.3 is 0 Å². The monoisotopic (exact) mass is 282 g/mol. The van der Waals surface area contributed by atoms with Crippen molar-refractivity contribution in [2.24, 2.45) is 0 Å². The Bertz CT molecular complexity index is 636. The normalized spacial score (nSPS) is 12.1. The van der Waals surface area contributed by atoms with Crippen LogP contribution in [0.4, 0.5) is 0 Å². The van der Waals surface area contributed by atoms with Crippen molar-refractivity contribution in [2.75, 3.05) is 12.3 Å². The van der Waals surface area contributed by atoms with Crippen LogP contribution in [0.5, 0.6) is 0 Å². The van der Waals surface area contributed by atoms with E-state index in [9.17, 15) is 8.42 Å². The van der Waals surface area contributed by atoms with Crippen LogP contribution < -0.4 is 4.72 Å². The summed E-state index contributed by atoms with van der Waals surface area (Å²) in [6, 6.07) is 5.65. The highest BCUT2D eigenvalue weighted by Gasteiger charge is 2.10. The molecule has 7 heteroatoms. The van der Waals surface area contributed by atoms with E-state index < -0.39 is 10.0 Å². The lowest BCUT2D eigenvalue weighted by molar-refractivity contribution is 0.577. The summed E-state index contributed by atoms with van der Waals surface area (Å²) in [5, 5.41) is 8.07. The summed E-state index contributed by atoms with van der Waals surface area (Å²) in [6.45, 7) is 2.32. The van der Waals surface area contributed by atoms with Crippen molar-refractivity contribution in [3.05, 3.63) is 30.2 Å². The molecule has 2 heterocycles. The molecule has 19 heavy (non-hydrogen) atoms. The topological polar surface area (TPSA) is 76.4 Å². The van der Waals surface area contributed by atoms with E-state index in [1.807, 2.05) is 35.7 Å². The number of fused-ring (bicyclic) bond motifs is 1. The second-order valence-corrected chi connectivity index (χ2v) is 6.29. The van der Waals surface area contributed by atoms with E-state index in [4.69, 9.17) is 0 Å². The van der Waals surface area contributed by atoms with Crippen LogP contribution in [0, 0.1) is 0 Å². The van der Waals surface area contributed by atoms with E-state index in [2.05, 4.69) is 14.9 Å². The molecule has 6 nitrogen and oxygen atoms in total. The van der Waals surface area contributed by atoms with Gasteiger partial charge in [0.2, 0.25) is 10.0 Å².